The molecular formula is C23H20O6S. The zero-order valence-corrected chi connectivity index (χ0v) is 17.0. The fraction of sp³-hybridized carbons (Fsp3) is 0.174. The second kappa shape index (κ2) is 7.50. The van der Waals surface area contributed by atoms with Gasteiger partial charge in [-0.15, -0.1) is 0 Å². The number of carbonyl (C=O) groups is 1. The maximum atomic E-state index is 13.7. The summed E-state index contributed by atoms with van der Waals surface area (Å²) in [5.74, 6) is -1.11. The van der Waals surface area contributed by atoms with E-state index in [0.29, 0.717) is 11.3 Å². The third-order valence-corrected chi connectivity index (χ3v) is 7.50. The first kappa shape index (κ1) is 20.0. The minimum absolute atomic E-state index is 0.120. The molecule has 0 saturated heterocycles. The van der Waals surface area contributed by atoms with Crippen molar-refractivity contribution < 1.29 is 28.2 Å². The summed E-state index contributed by atoms with van der Waals surface area (Å²) in [5, 5.41) is 18.7. The molecule has 7 heteroatoms. The smallest absolute Gasteiger partial charge is 0.339 e. The number of phenols is 1. The number of carboxylic acids is 1. The van der Waals surface area contributed by atoms with Gasteiger partial charge in [-0.25, -0.2) is 13.2 Å². The second-order valence-corrected chi connectivity index (χ2v) is 9.39. The Bertz CT molecular complexity index is 1250. The van der Waals surface area contributed by atoms with E-state index in [0.717, 1.165) is 11.1 Å². The summed E-state index contributed by atoms with van der Waals surface area (Å²) in [4.78, 5) is 11.5. The van der Waals surface area contributed by atoms with E-state index in [-0.39, 0.29) is 29.1 Å². The number of para-hydroxylation sites is 1. The number of hydrogen-bond donors (Lipinski definition) is 2. The van der Waals surface area contributed by atoms with Crippen LogP contribution in [0.1, 0.15) is 37.9 Å². The van der Waals surface area contributed by atoms with Crippen LogP contribution in [0.2, 0.25) is 0 Å². The molecule has 6 nitrogen and oxygen atoms in total. The standard InChI is InChI=1S/C23H20O6S/c1-14-18(9-10-19(22(14)24)23(25)26)21-12-16-6-2-3-8-20(16)29-13-15-5-4-7-17(11-15)30(21,27)28/h2-11,21,24H,12-13H2,1H3,(H,25,26). The molecule has 1 atom stereocenters. The summed E-state index contributed by atoms with van der Waals surface area (Å²) < 4.78 is 33.3. The van der Waals surface area contributed by atoms with Gasteiger partial charge >= 0.3 is 5.97 Å². The summed E-state index contributed by atoms with van der Waals surface area (Å²) in [6.07, 6.45) is 0.120. The highest BCUT2D eigenvalue weighted by atomic mass is 32.2. The maximum absolute atomic E-state index is 13.7. The molecule has 3 aromatic carbocycles. The van der Waals surface area contributed by atoms with Gasteiger partial charge in [-0.1, -0.05) is 36.4 Å². The average Bonchev–Trinajstić information content (AvgIpc) is 2.73. The number of ether oxygens (including phenoxy) is 1. The highest BCUT2D eigenvalue weighted by Gasteiger charge is 2.33. The van der Waals surface area contributed by atoms with E-state index < -0.39 is 26.8 Å². The second-order valence-electron chi connectivity index (χ2n) is 7.26. The normalized spacial score (nSPS) is 17.4. The molecule has 0 saturated carbocycles. The van der Waals surface area contributed by atoms with Crippen LogP contribution in [-0.2, 0) is 22.9 Å². The predicted molar refractivity (Wildman–Crippen MR) is 111 cm³/mol. The molecule has 0 spiro atoms. The van der Waals surface area contributed by atoms with Crippen molar-refractivity contribution in [2.24, 2.45) is 0 Å². The summed E-state index contributed by atoms with van der Waals surface area (Å²) in [6.45, 7) is 1.78. The minimum atomic E-state index is -3.84. The first-order valence-electron chi connectivity index (χ1n) is 9.38. The zero-order valence-electron chi connectivity index (χ0n) is 16.2. The van der Waals surface area contributed by atoms with Crippen LogP contribution in [0.5, 0.6) is 11.5 Å². The van der Waals surface area contributed by atoms with E-state index in [9.17, 15) is 23.4 Å². The SMILES string of the molecule is Cc1c(C2Cc3ccccc3OCc3cccc(c3)S2(=O)=O)ccc(C(=O)O)c1O. The fourth-order valence-corrected chi connectivity index (χ4v) is 5.68. The molecule has 0 amide bonds. The van der Waals surface area contributed by atoms with E-state index in [1.54, 1.807) is 30.3 Å². The van der Waals surface area contributed by atoms with Gasteiger partial charge in [0.25, 0.3) is 0 Å². The van der Waals surface area contributed by atoms with Gasteiger partial charge in [0.15, 0.2) is 9.84 Å². The summed E-state index contributed by atoms with van der Waals surface area (Å²) in [7, 11) is -3.84. The first-order chi connectivity index (χ1) is 14.3. The van der Waals surface area contributed by atoms with Crippen LogP contribution >= 0.6 is 0 Å². The van der Waals surface area contributed by atoms with E-state index >= 15 is 0 Å². The monoisotopic (exact) mass is 424 g/mol. The molecule has 2 N–H and O–H groups in total. The van der Waals surface area contributed by atoms with Crippen molar-refractivity contribution in [3.05, 3.63) is 88.5 Å². The molecule has 1 unspecified atom stereocenters. The topological polar surface area (TPSA) is 101 Å². The van der Waals surface area contributed by atoms with E-state index in [1.807, 2.05) is 18.2 Å². The molecule has 1 aliphatic heterocycles. The van der Waals surface area contributed by atoms with Gasteiger partial charge in [0.2, 0.25) is 0 Å². The van der Waals surface area contributed by atoms with E-state index in [4.69, 9.17) is 4.74 Å². The van der Waals surface area contributed by atoms with E-state index in [2.05, 4.69) is 0 Å². The van der Waals surface area contributed by atoms with Gasteiger partial charge in [-0.3, -0.25) is 0 Å². The Labute approximate surface area is 174 Å². The van der Waals surface area contributed by atoms with Crippen molar-refractivity contribution in [1.29, 1.82) is 0 Å². The Morgan fingerprint density at radius 1 is 1.07 bits per heavy atom. The van der Waals surface area contributed by atoms with Crippen LogP contribution in [-0.4, -0.2) is 24.6 Å². The lowest BCUT2D eigenvalue weighted by Gasteiger charge is -2.24. The largest absolute Gasteiger partial charge is 0.507 e. The number of aromatic hydroxyl groups is 1. The van der Waals surface area contributed by atoms with Gasteiger partial charge in [0.1, 0.15) is 23.7 Å². The fourth-order valence-electron chi connectivity index (χ4n) is 3.77. The summed E-state index contributed by atoms with van der Waals surface area (Å²) in [6, 6.07) is 16.6. The van der Waals surface area contributed by atoms with Crippen LogP contribution in [0.4, 0.5) is 0 Å². The molecule has 154 valence electrons. The van der Waals surface area contributed by atoms with Crippen molar-refractivity contribution in [2.75, 3.05) is 0 Å². The van der Waals surface area contributed by atoms with Gasteiger partial charge in [0.05, 0.1) is 10.1 Å². The number of benzene rings is 3. The van der Waals surface area contributed by atoms with Gasteiger partial charge in [0, 0.05) is 0 Å². The number of rotatable bonds is 2. The van der Waals surface area contributed by atoms with Crippen LogP contribution < -0.4 is 4.74 Å². The average molecular weight is 424 g/mol. The van der Waals surface area contributed by atoms with E-state index in [1.165, 1.54) is 19.1 Å². The number of fused-ring (bicyclic) bond motifs is 3. The highest BCUT2D eigenvalue weighted by molar-refractivity contribution is 7.91. The Hall–Kier alpha value is -3.32. The van der Waals surface area contributed by atoms with Crippen molar-refractivity contribution in [3.8, 4) is 11.5 Å². The van der Waals surface area contributed by atoms with Gasteiger partial charge in [-0.05, 0) is 59.9 Å². The molecule has 3 aromatic rings. The Kier molecular flexibility index (Phi) is 4.99. The third kappa shape index (κ3) is 3.41. The molecule has 0 radical (unpaired) electrons. The summed E-state index contributed by atoms with van der Waals surface area (Å²) in [5.41, 5.74) is 1.78. The number of aromatic carboxylic acids is 1. The number of carboxylic acid groups (broad SMARTS) is 1. The summed E-state index contributed by atoms with van der Waals surface area (Å²) >= 11 is 0. The number of sulfone groups is 1. The molecule has 30 heavy (non-hydrogen) atoms. The molecule has 1 heterocycles. The lowest BCUT2D eigenvalue weighted by atomic mass is 9.96. The number of hydrogen-bond acceptors (Lipinski definition) is 5. The van der Waals surface area contributed by atoms with Crippen LogP contribution in [0, 0.1) is 6.92 Å². The molecule has 2 bridgehead atoms. The molecule has 1 aliphatic rings. The quantitative estimate of drug-likeness (QED) is 0.644. The molecule has 0 aliphatic carbocycles. The van der Waals surface area contributed by atoms with Gasteiger partial charge < -0.3 is 14.9 Å². The van der Waals surface area contributed by atoms with Crippen LogP contribution in [0.15, 0.2) is 65.6 Å². The zero-order chi connectivity index (χ0) is 21.5. The third-order valence-electron chi connectivity index (χ3n) is 5.42. The molecular weight excluding hydrogens is 404 g/mol. The highest BCUT2D eigenvalue weighted by Crippen LogP contribution is 2.40. The van der Waals surface area contributed by atoms with Crippen molar-refractivity contribution in [2.45, 2.75) is 30.1 Å². The maximum Gasteiger partial charge on any atom is 0.339 e. The predicted octanol–water partition coefficient (Wildman–Crippen LogP) is 4.05. The first-order valence-corrected chi connectivity index (χ1v) is 10.9. The molecule has 0 aromatic heterocycles. The molecule has 0 fully saturated rings. The minimum Gasteiger partial charge on any atom is -0.507 e. The Morgan fingerprint density at radius 3 is 2.60 bits per heavy atom. The van der Waals surface area contributed by atoms with Crippen molar-refractivity contribution >= 4 is 15.8 Å². The van der Waals surface area contributed by atoms with Crippen LogP contribution in [0.3, 0.4) is 0 Å². The van der Waals surface area contributed by atoms with Crippen molar-refractivity contribution in [3.63, 3.8) is 0 Å². The molecule has 4 rings (SSSR count). The van der Waals surface area contributed by atoms with Crippen molar-refractivity contribution in [1.82, 2.24) is 0 Å². The van der Waals surface area contributed by atoms with Gasteiger partial charge in [-0.2, -0.15) is 0 Å². The Morgan fingerprint density at radius 2 is 1.83 bits per heavy atom. The van der Waals surface area contributed by atoms with Crippen LogP contribution in [0.25, 0.3) is 0 Å². The lowest BCUT2D eigenvalue weighted by Crippen LogP contribution is -2.19. The Balaban J connectivity index is 1.96. The lowest BCUT2D eigenvalue weighted by molar-refractivity contribution is 0.0693.